The summed E-state index contributed by atoms with van der Waals surface area (Å²) >= 11 is 1.48. The van der Waals surface area contributed by atoms with Crippen molar-refractivity contribution in [2.45, 2.75) is 19.9 Å². The molecule has 1 saturated carbocycles. The number of fused-ring (bicyclic) bond motifs is 5. The van der Waals surface area contributed by atoms with E-state index in [-0.39, 0.29) is 47.9 Å². The zero-order chi connectivity index (χ0) is 16.1. The van der Waals surface area contributed by atoms with E-state index in [1.54, 1.807) is 5.51 Å². The summed E-state index contributed by atoms with van der Waals surface area (Å²) in [5.74, 6) is -0.798. The number of hydrogen-bond acceptors (Lipinski definition) is 5. The Morgan fingerprint density at radius 3 is 2.52 bits per heavy atom. The molecule has 1 aliphatic heterocycles. The maximum Gasteiger partial charge on any atom is 0.240 e. The van der Waals surface area contributed by atoms with Crippen LogP contribution in [0.3, 0.4) is 0 Å². The molecule has 3 aliphatic rings. The number of imide groups is 1. The minimum atomic E-state index is -0.306. The maximum absolute atomic E-state index is 12.5. The lowest BCUT2D eigenvalue weighted by atomic mass is 9.85. The molecule has 7 heteroatoms. The molecule has 2 fully saturated rings. The second kappa shape index (κ2) is 5.26. The summed E-state index contributed by atoms with van der Waals surface area (Å²) in [6.45, 7) is 2.09. The van der Waals surface area contributed by atoms with E-state index < -0.39 is 0 Å². The third-order valence-corrected chi connectivity index (χ3v) is 6.09. The fourth-order valence-electron chi connectivity index (χ4n) is 3.99. The highest BCUT2D eigenvalue weighted by atomic mass is 32.1. The molecular weight excluding hydrogens is 314 g/mol. The molecule has 4 rings (SSSR count). The van der Waals surface area contributed by atoms with Crippen LogP contribution in [-0.4, -0.2) is 34.2 Å². The van der Waals surface area contributed by atoms with Crippen LogP contribution in [0, 0.1) is 30.6 Å². The number of thiazole rings is 1. The molecule has 0 radical (unpaired) electrons. The predicted molar refractivity (Wildman–Crippen MR) is 83.1 cm³/mol. The van der Waals surface area contributed by atoms with Crippen LogP contribution in [-0.2, 0) is 20.9 Å². The summed E-state index contributed by atoms with van der Waals surface area (Å²) in [6, 6.07) is 0. The zero-order valence-electron chi connectivity index (χ0n) is 12.7. The number of aromatic nitrogens is 1. The molecule has 1 N–H and O–H groups in total. The summed E-state index contributed by atoms with van der Waals surface area (Å²) in [6.07, 6.45) is 5.00. The molecule has 2 aliphatic carbocycles. The van der Waals surface area contributed by atoms with E-state index in [1.165, 1.54) is 11.3 Å². The highest BCUT2D eigenvalue weighted by Crippen LogP contribution is 2.52. The molecule has 1 aromatic heterocycles. The fourth-order valence-corrected chi connectivity index (χ4v) is 4.71. The smallest absolute Gasteiger partial charge is 0.240 e. The first-order valence-electron chi connectivity index (χ1n) is 7.75. The van der Waals surface area contributed by atoms with Gasteiger partial charge in [-0.25, -0.2) is 4.98 Å². The van der Waals surface area contributed by atoms with Gasteiger partial charge in [-0.05, 0) is 25.2 Å². The van der Waals surface area contributed by atoms with Gasteiger partial charge in [0.2, 0.25) is 17.7 Å². The first-order chi connectivity index (χ1) is 11.1. The first-order valence-corrected chi connectivity index (χ1v) is 8.63. The number of rotatable bonds is 4. The van der Waals surface area contributed by atoms with Crippen LogP contribution in [0.4, 0.5) is 0 Å². The number of carbonyl (C=O) groups excluding carboxylic acids is 3. The van der Waals surface area contributed by atoms with Crippen LogP contribution < -0.4 is 5.32 Å². The molecule has 120 valence electrons. The Morgan fingerprint density at radius 2 is 1.96 bits per heavy atom. The Morgan fingerprint density at radius 1 is 1.30 bits per heavy atom. The molecule has 4 unspecified atom stereocenters. The van der Waals surface area contributed by atoms with Gasteiger partial charge in [-0.2, -0.15) is 0 Å². The fraction of sp³-hybridized carbons (Fsp3) is 0.500. The highest BCUT2D eigenvalue weighted by molar-refractivity contribution is 7.09. The van der Waals surface area contributed by atoms with Gasteiger partial charge in [0, 0.05) is 4.88 Å². The molecule has 0 aromatic carbocycles. The standard InChI is InChI=1S/C16H17N3O3S/c1-8-11(23-7-18-8)5-17-12(20)6-19-15(21)13-9-2-3-10(4-9)14(13)16(19)22/h2-3,7,9-10,13-14H,4-6H2,1H3,(H,17,20). The van der Waals surface area contributed by atoms with E-state index in [4.69, 9.17) is 0 Å². The molecule has 3 amide bonds. The van der Waals surface area contributed by atoms with E-state index in [9.17, 15) is 14.4 Å². The van der Waals surface area contributed by atoms with Crippen LogP contribution in [0.1, 0.15) is 17.0 Å². The third kappa shape index (κ3) is 2.22. The van der Waals surface area contributed by atoms with Crippen LogP contribution in [0.15, 0.2) is 17.7 Å². The van der Waals surface area contributed by atoms with Gasteiger partial charge in [-0.15, -0.1) is 11.3 Å². The van der Waals surface area contributed by atoms with Crippen LogP contribution >= 0.6 is 11.3 Å². The van der Waals surface area contributed by atoms with E-state index in [2.05, 4.69) is 10.3 Å². The van der Waals surface area contributed by atoms with Crippen molar-refractivity contribution >= 4 is 29.1 Å². The summed E-state index contributed by atoms with van der Waals surface area (Å²) in [4.78, 5) is 43.4. The van der Waals surface area contributed by atoms with E-state index >= 15 is 0 Å². The lowest BCUT2D eigenvalue weighted by Gasteiger charge is -2.16. The van der Waals surface area contributed by atoms with Crippen molar-refractivity contribution in [3.63, 3.8) is 0 Å². The highest BCUT2D eigenvalue weighted by Gasteiger charge is 2.59. The summed E-state index contributed by atoms with van der Waals surface area (Å²) in [5, 5.41) is 2.77. The van der Waals surface area contributed by atoms with Gasteiger partial charge in [0.1, 0.15) is 6.54 Å². The largest absolute Gasteiger partial charge is 0.350 e. The Kier molecular flexibility index (Phi) is 3.33. The van der Waals surface area contributed by atoms with Gasteiger partial charge < -0.3 is 5.32 Å². The van der Waals surface area contributed by atoms with Gasteiger partial charge >= 0.3 is 0 Å². The molecule has 4 atom stereocenters. The van der Waals surface area contributed by atoms with Gasteiger partial charge in [0.25, 0.3) is 0 Å². The Hall–Kier alpha value is -2.02. The minimum absolute atomic E-state index is 0.175. The first kappa shape index (κ1) is 14.6. The Bertz CT molecular complexity index is 696. The average molecular weight is 331 g/mol. The van der Waals surface area contributed by atoms with Crippen molar-refractivity contribution < 1.29 is 14.4 Å². The summed E-state index contributed by atoms with van der Waals surface area (Å²) < 4.78 is 0. The van der Waals surface area contributed by atoms with E-state index in [0.717, 1.165) is 21.9 Å². The number of nitrogens with zero attached hydrogens (tertiary/aromatic N) is 2. The maximum atomic E-state index is 12.5. The second-order valence-electron chi connectivity index (χ2n) is 6.40. The number of hydrogen-bond donors (Lipinski definition) is 1. The van der Waals surface area contributed by atoms with Gasteiger partial charge in [0.15, 0.2) is 0 Å². The lowest BCUT2D eigenvalue weighted by molar-refractivity contribution is -0.144. The van der Waals surface area contributed by atoms with Gasteiger partial charge in [-0.1, -0.05) is 12.2 Å². The quantitative estimate of drug-likeness (QED) is 0.656. The van der Waals surface area contributed by atoms with E-state index in [1.807, 2.05) is 19.1 Å². The molecular formula is C16H17N3O3S. The topological polar surface area (TPSA) is 79.4 Å². The van der Waals surface area contributed by atoms with Crippen LogP contribution in [0.5, 0.6) is 0 Å². The molecule has 1 saturated heterocycles. The molecule has 0 spiro atoms. The van der Waals surface area contributed by atoms with Crippen molar-refractivity contribution in [1.29, 1.82) is 0 Å². The van der Waals surface area contributed by atoms with Crippen molar-refractivity contribution in [3.8, 4) is 0 Å². The summed E-state index contributed by atoms with van der Waals surface area (Å²) in [5.41, 5.74) is 2.62. The monoisotopic (exact) mass is 331 g/mol. The summed E-state index contributed by atoms with van der Waals surface area (Å²) in [7, 11) is 0. The van der Waals surface area contributed by atoms with Crippen molar-refractivity contribution in [2.75, 3.05) is 6.54 Å². The third-order valence-electron chi connectivity index (χ3n) is 5.15. The van der Waals surface area contributed by atoms with Crippen molar-refractivity contribution in [2.24, 2.45) is 23.7 Å². The van der Waals surface area contributed by atoms with Crippen LogP contribution in [0.25, 0.3) is 0 Å². The van der Waals surface area contributed by atoms with Crippen molar-refractivity contribution in [1.82, 2.24) is 15.2 Å². The molecule has 2 bridgehead atoms. The second-order valence-corrected chi connectivity index (χ2v) is 7.34. The molecule has 1 aromatic rings. The molecule has 2 heterocycles. The Labute approximate surface area is 137 Å². The minimum Gasteiger partial charge on any atom is -0.350 e. The van der Waals surface area contributed by atoms with Gasteiger partial charge in [-0.3, -0.25) is 19.3 Å². The molecule has 23 heavy (non-hydrogen) atoms. The number of amides is 3. The number of aryl methyl sites for hydroxylation is 1. The number of likely N-dealkylation sites (tertiary alicyclic amines) is 1. The number of carbonyl (C=O) groups is 3. The van der Waals surface area contributed by atoms with Crippen LogP contribution in [0.2, 0.25) is 0 Å². The lowest BCUT2D eigenvalue weighted by Crippen LogP contribution is -2.41. The average Bonchev–Trinajstić information content (AvgIpc) is 3.27. The predicted octanol–water partition coefficient (Wildman–Crippen LogP) is 0.875. The van der Waals surface area contributed by atoms with Gasteiger partial charge in [0.05, 0.1) is 29.6 Å². The number of nitrogens with one attached hydrogen (secondary N) is 1. The number of allylic oxidation sites excluding steroid dienone is 2. The Balaban J connectivity index is 1.40. The zero-order valence-corrected chi connectivity index (χ0v) is 13.5. The normalized spacial score (nSPS) is 31.1. The molecule has 6 nitrogen and oxygen atoms in total. The van der Waals surface area contributed by atoms with Crippen molar-refractivity contribution in [3.05, 3.63) is 28.2 Å². The van der Waals surface area contributed by atoms with E-state index in [0.29, 0.717) is 6.54 Å². The SMILES string of the molecule is Cc1ncsc1CNC(=O)CN1C(=O)C2C3C=CC(C3)C2C1=O.